The van der Waals surface area contributed by atoms with Crippen LogP contribution in [0.5, 0.6) is 0 Å². The number of hydrogen-bond donors (Lipinski definition) is 0. The van der Waals surface area contributed by atoms with Crippen molar-refractivity contribution in [3.05, 3.63) is 53.9 Å². The minimum Gasteiger partial charge on any atom is -0.337 e. The first kappa shape index (κ1) is 16.3. The highest BCUT2D eigenvalue weighted by atomic mass is 16.2. The predicted octanol–water partition coefficient (Wildman–Crippen LogP) is 2.96. The van der Waals surface area contributed by atoms with Gasteiger partial charge < -0.3 is 4.90 Å². The number of nitrogens with zero attached hydrogens (tertiary/aromatic N) is 4. The molecule has 0 bridgehead atoms. The SMILES string of the molecule is O=C(c1ccc(CN2CCCC2)cc1)N1CCCC(n2cccn2)C1. The Bertz CT molecular complexity index is 689. The van der Waals surface area contributed by atoms with Crippen LogP contribution in [0.25, 0.3) is 0 Å². The van der Waals surface area contributed by atoms with E-state index in [9.17, 15) is 4.79 Å². The van der Waals surface area contributed by atoms with Crippen LogP contribution in [0.4, 0.5) is 0 Å². The molecule has 0 N–H and O–H groups in total. The molecule has 0 aliphatic carbocycles. The number of benzene rings is 1. The highest BCUT2D eigenvalue weighted by molar-refractivity contribution is 5.94. The highest BCUT2D eigenvalue weighted by Gasteiger charge is 2.25. The summed E-state index contributed by atoms with van der Waals surface area (Å²) in [4.78, 5) is 17.3. The van der Waals surface area contributed by atoms with E-state index in [-0.39, 0.29) is 5.91 Å². The monoisotopic (exact) mass is 338 g/mol. The van der Waals surface area contributed by atoms with Crippen LogP contribution in [0.3, 0.4) is 0 Å². The van der Waals surface area contributed by atoms with Gasteiger partial charge in [0.2, 0.25) is 0 Å². The standard InChI is InChI=1S/C20H26N4O/c25-20(23-13-3-5-19(16-23)24-14-4-10-21-24)18-8-6-17(7-9-18)15-22-11-1-2-12-22/h4,6-10,14,19H,1-3,5,11-13,15-16H2. The van der Waals surface area contributed by atoms with Crippen molar-refractivity contribution in [2.75, 3.05) is 26.2 Å². The van der Waals surface area contributed by atoms with Crippen molar-refractivity contribution in [1.29, 1.82) is 0 Å². The fourth-order valence-electron chi connectivity index (χ4n) is 3.99. The highest BCUT2D eigenvalue weighted by Crippen LogP contribution is 2.22. The lowest BCUT2D eigenvalue weighted by Gasteiger charge is -2.33. The molecule has 5 nitrogen and oxygen atoms in total. The number of aromatic nitrogens is 2. The van der Waals surface area contributed by atoms with Crippen molar-refractivity contribution in [2.45, 2.75) is 38.3 Å². The third-order valence-electron chi connectivity index (χ3n) is 5.39. The first-order valence-electron chi connectivity index (χ1n) is 9.39. The fraction of sp³-hybridized carbons (Fsp3) is 0.500. The van der Waals surface area contributed by atoms with Gasteiger partial charge in [-0.3, -0.25) is 14.4 Å². The normalized spacial score (nSPS) is 21.6. The summed E-state index contributed by atoms with van der Waals surface area (Å²) in [6, 6.07) is 10.4. The number of hydrogen-bond acceptors (Lipinski definition) is 3. The third kappa shape index (κ3) is 3.76. The third-order valence-corrected chi connectivity index (χ3v) is 5.39. The molecule has 2 fully saturated rings. The van der Waals surface area contributed by atoms with Gasteiger partial charge in [-0.25, -0.2) is 0 Å². The predicted molar refractivity (Wildman–Crippen MR) is 97.4 cm³/mol. The zero-order valence-corrected chi connectivity index (χ0v) is 14.7. The van der Waals surface area contributed by atoms with Crippen molar-refractivity contribution >= 4 is 5.91 Å². The van der Waals surface area contributed by atoms with Crippen molar-refractivity contribution in [2.24, 2.45) is 0 Å². The molecule has 1 atom stereocenters. The molecule has 1 amide bonds. The van der Waals surface area contributed by atoms with Crippen molar-refractivity contribution < 1.29 is 4.79 Å². The maximum absolute atomic E-state index is 12.9. The van der Waals surface area contributed by atoms with Gasteiger partial charge in [-0.2, -0.15) is 5.10 Å². The Morgan fingerprint density at radius 3 is 2.60 bits per heavy atom. The summed E-state index contributed by atoms with van der Waals surface area (Å²) in [5.74, 6) is 0.143. The molecule has 1 unspecified atom stereocenters. The van der Waals surface area contributed by atoms with Crippen molar-refractivity contribution in [1.82, 2.24) is 19.6 Å². The summed E-state index contributed by atoms with van der Waals surface area (Å²) in [5, 5.41) is 4.34. The van der Waals surface area contributed by atoms with Gasteiger partial charge in [0.25, 0.3) is 5.91 Å². The first-order chi connectivity index (χ1) is 12.3. The summed E-state index contributed by atoms with van der Waals surface area (Å²) in [6.45, 7) is 4.98. The van der Waals surface area contributed by atoms with E-state index in [0.717, 1.165) is 38.0 Å². The summed E-state index contributed by atoms with van der Waals surface area (Å²) in [6.07, 6.45) is 8.53. The molecule has 0 spiro atoms. The smallest absolute Gasteiger partial charge is 0.253 e. The largest absolute Gasteiger partial charge is 0.337 e. The molecule has 1 aromatic carbocycles. The van der Waals surface area contributed by atoms with E-state index in [2.05, 4.69) is 22.1 Å². The summed E-state index contributed by atoms with van der Waals surface area (Å²) in [5.41, 5.74) is 2.10. The second-order valence-electron chi connectivity index (χ2n) is 7.21. The van der Waals surface area contributed by atoms with Gasteiger partial charge in [-0.1, -0.05) is 12.1 Å². The number of rotatable bonds is 4. The first-order valence-corrected chi connectivity index (χ1v) is 9.39. The number of carbonyl (C=O) groups is 1. The van der Waals surface area contributed by atoms with E-state index in [1.807, 2.05) is 34.0 Å². The minimum atomic E-state index is 0.143. The molecule has 0 saturated carbocycles. The van der Waals surface area contributed by atoms with E-state index in [1.54, 1.807) is 6.20 Å². The molecular weight excluding hydrogens is 312 g/mol. The van der Waals surface area contributed by atoms with Gasteiger partial charge in [0.15, 0.2) is 0 Å². The van der Waals surface area contributed by atoms with Crippen LogP contribution in [0.15, 0.2) is 42.7 Å². The second-order valence-corrected chi connectivity index (χ2v) is 7.21. The Labute approximate surface area is 149 Å². The number of amides is 1. The topological polar surface area (TPSA) is 41.4 Å². The van der Waals surface area contributed by atoms with Crippen molar-refractivity contribution in [3.63, 3.8) is 0 Å². The lowest BCUT2D eigenvalue weighted by molar-refractivity contribution is 0.0673. The Kier molecular flexibility index (Phi) is 4.83. The van der Waals surface area contributed by atoms with Gasteiger partial charge in [-0.05, 0) is 62.5 Å². The summed E-state index contributed by atoms with van der Waals surface area (Å²) >= 11 is 0. The fourth-order valence-corrected chi connectivity index (χ4v) is 3.99. The van der Waals surface area contributed by atoms with E-state index < -0.39 is 0 Å². The maximum Gasteiger partial charge on any atom is 0.253 e. The van der Waals surface area contributed by atoms with Gasteiger partial charge in [0, 0.05) is 37.6 Å². The minimum absolute atomic E-state index is 0.143. The van der Waals surface area contributed by atoms with Crippen LogP contribution >= 0.6 is 0 Å². The molecule has 5 heteroatoms. The van der Waals surface area contributed by atoms with Crippen molar-refractivity contribution in [3.8, 4) is 0 Å². The quantitative estimate of drug-likeness (QED) is 0.861. The average molecular weight is 338 g/mol. The van der Waals surface area contributed by atoms with E-state index in [0.29, 0.717) is 6.04 Å². The van der Waals surface area contributed by atoms with E-state index in [1.165, 1.54) is 31.5 Å². The van der Waals surface area contributed by atoms with Crippen LogP contribution < -0.4 is 0 Å². The molecule has 2 aliphatic rings. The van der Waals surface area contributed by atoms with Crippen LogP contribution in [0.1, 0.15) is 47.6 Å². The van der Waals surface area contributed by atoms with Crippen LogP contribution in [-0.2, 0) is 6.54 Å². The average Bonchev–Trinajstić information content (AvgIpc) is 3.36. The molecule has 132 valence electrons. The van der Waals surface area contributed by atoms with Crippen LogP contribution in [0.2, 0.25) is 0 Å². The van der Waals surface area contributed by atoms with Gasteiger partial charge in [0.1, 0.15) is 0 Å². The van der Waals surface area contributed by atoms with Gasteiger partial charge >= 0.3 is 0 Å². The summed E-state index contributed by atoms with van der Waals surface area (Å²) < 4.78 is 1.98. The molecule has 3 heterocycles. The molecule has 2 saturated heterocycles. The molecule has 2 aliphatic heterocycles. The van der Waals surface area contributed by atoms with E-state index in [4.69, 9.17) is 0 Å². The Hall–Kier alpha value is -2.14. The van der Waals surface area contributed by atoms with Gasteiger partial charge in [0.05, 0.1) is 6.04 Å². The number of likely N-dealkylation sites (tertiary alicyclic amines) is 2. The number of piperidine rings is 1. The maximum atomic E-state index is 12.9. The lowest BCUT2D eigenvalue weighted by atomic mass is 10.0. The molecular formula is C20H26N4O. The molecule has 2 aromatic rings. The molecule has 1 aromatic heterocycles. The van der Waals surface area contributed by atoms with Crippen LogP contribution in [0, 0.1) is 0 Å². The molecule has 0 radical (unpaired) electrons. The lowest BCUT2D eigenvalue weighted by Crippen LogP contribution is -2.40. The van der Waals surface area contributed by atoms with Gasteiger partial charge in [-0.15, -0.1) is 0 Å². The molecule has 4 rings (SSSR count). The van der Waals surface area contributed by atoms with Crippen LogP contribution in [-0.4, -0.2) is 51.7 Å². The summed E-state index contributed by atoms with van der Waals surface area (Å²) in [7, 11) is 0. The Balaban J connectivity index is 1.39. The molecule has 25 heavy (non-hydrogen) atoms. The zero-order valence-electron chi connectivity index (χ0n) is 14.7. The zero-order chi connectivity index (χ0) is 17.1. The van der Waals surface area contributed by atoms with E-state index >= 15 is 0 Å². The Morgan fingerprint density at radius 1 is 1.08 bits per heavy atom. The number of carbonyl (C=O) groups excluding carboxylic acids is 1. The second kappa shape index (κ2) is 7.40. The Morgan fingerprint density at radius 2 is 1.88 bits per heavy atom.